The molecule has 0 heterocycles. The van der Waals surface area contributed by atoms with Crippen molar-refractivity contribution in [3.63, 3.8) is 0 Å². The second-order valence-electron chi connectivity index (χ2n) is 3.37. The zero-order valence-electron chi connectivity index (χ0n) is 6.84. The van der Waals surface area contributed by atoms with Gasteiger partial charge in [-0.2, -0.15) is 0 Å². The first-order chi connectivity index (χ1) is 4.88. The number of hydrogen-bond donors (Lipinski definition) is 1. The standard InChI is InChI=1S/C9H18O/c1-2-8-5-6-9(8)4-3-7-10/h8-10H,2-7H2,1H3. The molecule has 0 amide bonds. The van der Waals surface area contributed by atoms with Gasteiger partial charge in [-0.15, -0.1) is 0 Å². The van der Waals surface area contributed by atoms with Gasteiger partial charge in [-0.05, 0) is 37.5 Å². The van der Waals surface area contributed by atoms with E-state index in [4.69, 9.17) is 5.11 Å². The van der Waals surface area contributed by atoms with E-state index in [1.165, 1.54) is 25.7 Å². The minimum absolute atomic E-state index is 0.382. The second-order valence-corrected chi connectivity index (χ2v) is 3.37. The van der Waals surface area contributed by atoms with E-state index in [2.05, 4.69) is 6.92 Å². The largest absolute Gasteiger partial charge is 0.396 e. The highest BCUT2D eigenvalue weighted by Gasteiger charge is 2.27. The van der Waals surface area contributed by atoms with Crippen molar-refractivity contribution in [1.29, 1.82) is 0 Å². The van der Waals surface area contributed by atoms with Crippen molar-refractivity contribution < 1.29 is 5.11 Å². The van der Waals surface area contributed by atoms with Crippen LogP contribution in [0.1, 0.15) is 39.0 Å². The first-order valence-electron chi connectivity index (χ1n) is 4.49. The van der Waals surface area contributed by atoms with E-state index in [-0.39, 0.29) is 0 Å². The SMILES string of the molecule is CCC1CCC1CCCO. The number of hydrogen-bond acceptors (Lipinski definition) is 1. The summed E-state index contributed by atoms with van der Waals surface area (Å²) in [7, 11) is 0. The average Bonchev–Trinajstić information content (AvgIpc) is 1.88. The van der Waals surface area contributed by atoms with Crippen LogP contribution in [-0.4, -0.2) is 11.7 Å². The third kappa shape index (κ3) is 1.72. The van der Waals surface area contributed by atoms with E-state index < -0.39 is 0 Å². The Balaban J connectivity index is 2.05. The van der Waals surface area contributed by atoms with Crippen molar-refractivity contribution in [2.45, 2.75) is 39.0 Å². The van der Waals surface area contributed by atoms with Gasteiger partial charge in [0.1, 0.15) is 0 Å². The van der Waals surface area contributed by atoms with Gasteiger partial charge in [0.05, 0.1) is 0 Å². The van der Waals surface area contributed by atoms with E-state index in [0.717, 1.165) is 18.3 Å². The third-order valence-corrected chi connectivity index (χ3v) is 2.83. The fourth-order valence-electron chi connectivity index (χ4n) is 1.91. The van der Waals surface area contributed by atoms with Gasteiger partial charge in [0.15, 0.2) is 0 Å². The summed E-state index contributed by atoms with van der Waals surface area (Å²) in [4.78, 5) is 0. The van der Waals surface area contributed by atoms with E-state index in [0.29, 0.717) is 6.61 Å². The highest BCUT2D eigenvalue weighted by atomic mass is 16.2. The summed E-state index contributed by atoms with van der Waals surface area (Å²) in [6.45, 7) is 2.66. The van der Waals surface area contributed by atoms with Crippen LogP contribution in [-0.2, 0) is 0 Å². The molecule has 1 heteroatoms. The minimum Gasteiger partial charge on any atom is -0.396 e. The molecule has 1 nitrogen and oxygen atoms in total. The predicted octanol–water partition coefficient (Wildman–Crippen LogP) is 2.20. The van der Waals surface area contributed by atoms with Crippen LogP contribution in [0.4, 0.5) is 0 Å². The van der Waals surface area contributed by atoms with Crippen LogP contribution in [0.5, 0.6) is 0 Å². The highest BCUT2D eigenvalue weighted by Crippen LogP contribution is 2.39. The van der Waals surface area contributed by atoms with Crippen molar-refractivity contribution in [1.82, 2.24) is 0 Å². The lowest BCUT2D eigenvalue weighted by molar-refractivity contribution is 0.144. The van der Waals surface area contributed by atoms with Crippen molar-refractivity contribution in [2.75, 3.05) is 6.61 Å². The fraction of sp³-hybridized carbons (Fsp3) is 1.00. The van der Waals surface area contributed by atoms with E-state index in [9.17, 15) is 0 Å². The maximum atomic E-state index is 8.59. The molecule has 10 heavy (non-hydrogen) atoms. The molecule has 1 saturated carbocycles. The van der Waals surface area contributed by atoms with Crippen LogP contribution in [0.2, 0.25) is 0 Å². The van der Waals surface area contributed by atoms with E-state index >= 15 is 0 Å². The fourth-order valence-corrected chi connectivity index (χ4v) is 1.91. The Bertz CT molecular complexity index is 88.7. The second kappa shape index (κ2) is 3.97. The van der Waals surface area contributed by atoms with Crippen LogP contribution in [0.15, 0.2) is 0 Å². The summed E-state index contributed by atoms with van der Waals surface area (Å²) in [5.74, 6) is 1.95. The van der Waals surface area contributed by atoms with E-state index in [1.807, 2.05) is 0 Å². The third-order valence-electron chi connectivity index (χ3n) is 2.83. The number of aliphatic hydroxyl groups is 1. The lowest BCUT2D eigenvalue weighted by Gasteiger charge is -2.36. The molecular formula is C9H18O. The maximum Gasteiger partial charge on any atom is 0.0431 e. The average molecular weight is 142 g/mol. The van der Waals surface area contributed by atoms with Crippen LogP contribution >= 0.6 is 0 Å². The quantitative estimate of drug-likeness (QED) is 0.638. The monoisotopic (exact) mass is 142 g/mol. The van der Waals surface area contributed by atoms with Gasteiger partial charge in [-0.3, -0.25) is 0 Å². The maximum absolute atomic E-state index is 8.59. The molecule has 1 aliphatic rings. The molecule has 0 aromatic carbocycles. The Morgan fingerprint density at radius 2 is 2.00 bits per heavy atom. The molecule has 1 N–H and O–H groups in total. The van der Waals surface area contributed by atoms with Gasteiger partial charge in [-0.25, -0.2) is 0 Å². The van der Waals surface area contributed by atoms with Gasteiger partial charge in [0.2, 0.25) is 0 Å². The molecule has 0 spiro atoms. The van der Waals surface area contributed by atoms with Crippen molar-refractivity contribution >= 4 is 0 Å². The molecule has 2 unspecified atom stereocenters. The first-order valence-corrected chi connectivity index (χ1v) is 4.49. The Hall–Kier alpha value is -0.0400. The smallest absolute Gasteiger partial charge is 0.0431 e. The lowest BCUT2D eigenvalue weighted by Crippen LogP contribution is -2.25. The lowest BCUT2D eigenvalue weighted by atomic mass is 9.70. The van der Waals surface area contributed by atoms with Crippen molar-refractivity contribution in [2.24, 2.45) is 11.8 Å². The van der Waals surface area contributed by atoms with Crippen LogP contribution < -0.4 is 0 Å². The summed E-state index contributed by atoms with van der Waals surface area (Å²) in [6, 6.07) is 0. The highest BCUT2D eigenvalue weighted by molar-refractivity contribution is 4.79. The van der Waals surface area contributed by atoms with Gasteiger partial charge < -0.3 is 5.11 Å². The van der Waals surface area contributed by atoms with Crippen molar-refractivity contribution in [3.05, 3.63) is 0 Å². The summed E-state index contributed by atoms with van der Waals surface area (Å²) in [6.07, 6.45) is 6.47. The minimum atomic E-state index is 0.382. The van der Waals surface area contributed by atoms with E-state index in [1.54, 1.807) is 0 Å². The predicted molar refractivity (Wildman–Crippen MR) is 42.8 cm³/mol. The molecule has 1 rings (SSSR count). The molecule has 0 aromatic heterocycles. The summed E-state index contributed by atoms with van der Waals surface area (Å²) >= 11 is 0. The van der Waals surface area contributed by atoms with Crippen molar-refractivity contribution in [3.8, 4) is 0 Å². The summed E-state index contributed by atoms with van der Waals surface area (Å²) in [5.41, 5.74) is 0. The van der Waals surface area contributed by atoms with Gasteiger partial charge in [0.25, 0.3) is 0 Å². The number of rotatable bonds is 4. The summed E-state index contributed by atoms with van der Waals surface area (Å²) in [5, 5.41) is 8.59. The Kier molecular flexibility index (Phi) is 3.20. The molecule has 60 valence electrons. The van der Waals surface area contributed by atoms with Gasteiger partial charge in [0, 0.05) is 6.61 Å². The molecule has 2 atom stereocenters. The normalized spacial score (nSPS) is 31.8. The Labute approximate surface area is 63.4 Å². The first kappa shape index (κ1) is 8.06. The molecule has 0 aliphatic heterocycles. The Morgan fingerprint density at radius 1 is 1.30 bits per heavy atom. The topological polar surface area (TPSA) is 20.2 Å². The molecule has 0 saturated heterocycles. The zero-order valence-corrected chi connectivity index (χ0v) is 6.84. The zero-order chi connectivity index (χ0) is 7.40. The molecule has 0 aromatic rings. The van der Waals surface area contributed by atoms with Gasteiger partial charge in [-0.1, -0.05) is 13.3 Å². The van der Waals surface area contributed by atoms with Crippen LogP contribution in [0.25, 0.3) is 0 Å². The van der Waals surface area contributed by atoms with Gasteiger partial charge >= 0.3 is 0 Å². The molecule has 0 radical (unpaired) electrons. The number of aliphatic hydroxyl groups excluding tert-OH is 1. The molecule has 1 aliphatic carbocycles. The molecular weight excluding hydrogens is 124 g/mol. The molecule has 1 fully saturated rings. The molecule has 0 bridgehead atoms. The van der Waals surface area contributed by atoms with Crippen LogP contribution in [0, 0.1) is 11.8 Å². The van der Waals surface area contributed by atoms with Crippen LogP contribution in [0.3, 0.4) is 0 Å². The summed E-state index contributed by atoms with van der Waals surface area (Å²) < 4.78 is 0. The Morgan fingerprint density at radius 3 is 2.40 bits per heavy atom.